The minimum Gasteiger partial charge on any atom is -0.488 e. The number of aromatic nitrogens is 3. The molecule has 1 fully saturated rings. The minimum atomic E-state index is -0.380. The van der Waals surface area contributed by atoms with Crippen LogP contribution in [0.5, 0.6) is 5.75 Å². The molecule has 0 amide bonds. The monoisotopic (exact) mass is 490 g/mol. The van der Waals surface area contributed by atoms with Crippen molar-refractivity contribution in [1.82, 2.24) is 19.9 Å². The van der Waals surface area contributed by atoms with Crippen LogP contribution in [0.15, 0.2) is 48.9 Å². The van der Waals surface area contributed by atoms with Crippen LogP contribution < -0.4 is 15.0 Å². The number of nitrogens with zero attached hydrogens (tertiary/aromatic N) is 5. The van der Waals surface area contributed by atoms with Crippen LogP contribution in [0, 0.1) is 5.82 Å². The number of hydrogen-bond donors (Lipinski definition) is 1. The summed E-state index contributed by atoms with van der Waals surface area (Å²) in [4.78, 5) is 17.6. The number of rotatable bonds is 8. The van der Waals surface area contributed by atoms with E-state index in [1.807, 2.05) is 33.2 Å². The van der Waals surface area contributed by atoms with Crippen LogP contribution in [0.3, 0.4) is 0 Å². The predicted octanol–water partition coefficient (Wildman–Crippen LogP) is 4.61. The molecule has 8 nitrogen and oxygen atoms in total. The molecule has 3 heterocycles. The molecule has 188 valence electrons. The number of anilines is 3. The average Bonchev–Trinajstić information content (AvgIpc) is 3.35. The third kappa shape index (κ3) is 4.89. The van der Waals surface area contributed by atoms with Gasteiger partial charge in [0.05, 0.1) is 28.2 Å². The standard InChI is InChI=1S/C27H31FN6O2/c1-17(14-33(2)3)36-24-13-18(34-11-9-19(15-34)35-4)12-23-25(24)27(31-16-30-23)32-22-8-7-21-20(26(22)28)6-5-10-29-21/h5-8,10,12-13,16-17,19H,9,11,14-15H2,1-4H3,(H,30,31,32)/t17-,19-/m1/s1. The predicted molar refractivity (Wildman–Crippen MR) is 141 cm³/mol. The van der Waals surface area contributed by atoms with Crippen LogP contribution in [0.2, 0.25) is 0 Å². The lowest BCUT2D eigenvalue weighted by Gasteiger charge is -2.24. The Morgan fingerprint density at radius 2 is 2.03 bits per heavy atom. The zero-order valence-corrected chi connectivity index (χ0v) is 21.0. The normalized spacial score (nSPS) is 16.7. The van der Waals surface area contributed by atoms with E-state index in [4.69, 9.17) is 9.47 Å². The van der Waals surface area contributed by atoms with Gasteiger partial charge in [-0.2, -0.15) is 0 Å². The maximum Gasteiger partial charge on any atom is 0.156 e. The highest BCUT2D eigenvalue weighted by Crippen LogP contribution is 2.38. The van der Waals surface area contributed by atoms with Crippen LogP contribution in [0.25, 0.3) is 21.8 Å². The molecular formula is C27H31FN6O2. The summed E-state index contributed by atoms with van der Waals surface area (Å²) in [6.07, 6.45) is 4.22. The highest BCUT2D eigenvalue weighted by molar-refractivity contribution is 5.98. The van der Waals surface area contributed by atoms with Crippen molar-refractivity contribution in [3.63, 3.8) is 0 Å². The molecular weight excluding hydrogens is 459 g/mol. The second kappa shape index (κ2) is 10.2. The molecule has 0 aliphatic carbocycles. The number of ether oxygens (including phenoxy) is 2. The third-order valence-electron chi connectivity index (χ3n) is 6.45. The molecule has 1 saturated heterocycles. The summed E-state index contributed by atoms with van der Waals surface area (Å²) in [5.41, 5.74) is 2.65. The topological polar surface area (TPSA) is 75.6 Å². The second-order valence-corrected chi connectivity index (χ2v) is 9.47. The van der Waals surface area contributed by atoms with Gasteiger partial charge in [0.2, 0.25) is 0 Å². The molecule has 0 radical (unpaired) electrons. The number of pyridine rings is 1. The SMILES string of the molecule is CO[C@@H]1CCN(c2cc(O[C@H](C)CN(C)C)c3c(Nc4ccc5ncccc5c4F)ncnc3c2)C1. The fourth-order valence-corrected chi connectivity index (χ4v) is 4.77. The van der Waals surface area contributed by atoms with Crippen molar-refractivity contribution in [3.05, 3.63) is 54.7 Å². The van der Waals surface area contributed by atoms with Gasteiger partial charge in [-0.3, -0.25) is 4.98 Å². The van der Waals surface area contributed by atoms with Gasteiger partial charge in [-0.25, -0.2) is 14.4 Å². The number of benzene rings is 2. The highest BCUT2D eigenvalue weighted by atomic mass is 19.1. The Labute approximate surface area is 210 Å². The van der Waals surface area contributed by atoms with Crippen molar-refractivity contribution in [2.75, 3.05) is 51.1 Å². The fraction of sp³-hybridized carbons (Fsp3) is 0.370. The molecule has 2 aromatic heterocycles. The van der Waals surface area contributed by atoms with Crippen LogP contribution in [-0.4, -0.2) is 72.9 Å². The number of fused-ring (bicyclic) bond motifs is 2. The molecule has 1 aliphatic heterocycles. The smallest absolute Gasteiger partial charge is 0.156 e. The second-order valence-electron chi connectivity index (χ2n) is 9.47. The Balaban J connectivity index is 1.58. The summed E-state index contributed by atoms with van der Waals surface area (Å²) in [5.74, 6) is 0.760. The van der Waals surface area contributed by atoms with Gasteiger partial charge < -0.3 is 24.6 Å². The maximum absolute atomic E-state index is 15.3. The average molecular weight is 491 g/mol. The Hall–Kier alpha value is -3.56. The number of methoxy groups -OCH3 is 1. The Bertz CT molecular complexity index is 1380. The molecule has 2 atom stereocenters. The van der Waals surface area contributed by atoms with Gasteiger partial charge in [0.15, 0.2) is 5.82 Å². The Morgan fingerprint density at radius 1 is 1.17 bits per heavy atom. The van der Waals surface area contributed by atoms with Gasteiger partial charge in [-0.15, -0.1) is 0 Å². The van der Waals surface area contributed by atoms with E-state index in [2.05, 4.69) is 30.1 Å². The summed E-state index contributed by atoms with van der Waals surface area (Å²) in [6, 6.07) is 11.0. The van der Waals surface area contributed by atoms with E-state index < -0.39 is 0 Å². The summed E-state index contributed by atoms with van der Waals surface area (Å²) < 4.78 is 27.4. The fourth-order valence-electron chi connectivity index (χ4n) is 4.77. The van der Waals surface area contributed by atoms with Crippen LogP contribution in [0.4, 0.5) is 21.6 Å². The molecule has 9 heteroatoms. The molecule has 5 rings (SSSR count). The van der Waals surface area contributed by atoms with Crippen LogP contribution >= 0.6 is 0 Å². The quantitative estimate of drug-likeness (QED) is 0.384. The van der Waals surface area contributed by atoms with Gasteiger partial charge in [0, 0.05) is 50.1 Å². The lowest BCUT2D eigenvalue weighted by molar-refractivity contribution is 0.121. The molecule has 2 aromatic carbocycles. The van der Waals surface area contributed by atoms with Crippen molar-refractivity contribution in [3.8, 4) is 5.75 Å². The minimum absolute atomic E-state index is 0.0831. The van der Waals surface area contributed by atoms with E-state index in [0.717, 1.165) is 37.3 Å². The van der Waals surface area contributed by atoms with Crippen molar-refractivity contribution in [2.45, 2.75) is 25.6 Å². The van der Waals surface area contributed by atoms with Crippen molar-refractivity contribution in [2.24, 2.45) is 0 Å². The summed E-state index contributed by atoms with van der Waals surface area (Å²) >= 11 is 0. The van der Waals surface area contributed by atoms with Crippen molar-refractivity contribution in [1.29, 1.82) is 0 Å². The van der Waals surface area contributed by atoms with E-state index >= 15 is 4.39 Å². The molecule has 0 bridgehead atoms. The Kier molecular flexibility index (Phi) is 6.84. The zero-order chi connectivity index (χ0) is 25.2. The molecule has 0 saturated carbocycles. The summed E-state index contributed by atoms with van der Waals surface area (Å²) in [7, 11) is 5.77. The molecule has 4 aromatic rings. The summed E-state index contributed by atoms with van der Waals surface area (Å²) in [5, 5.41) is 4.34. The van der Waals surface area contributed by atoms with E-state index in [1.165, 1.54) is 6.33 Å². The molecule has 0 unspecified atom stereocenters. The summed E-state index contributed by atoms with van der Waals surface area (Å²) in [6.45, 7) is 4.47. The Morgan fingerprint density at radius 3 is 2.81 bits per heavy atom. The molecule has 1 aliphatic rings. The zero-order valence-electron chi connectivity index (χ0n) is 21.0. The lowest BCUT2D eigenvalue weighted by Crippen LogP contribution is -2.28. The highest BCUT2D eigenvalue weighted by Gasteiger charge is 2.25. The van der Waals surface area contributed by atoms with Crippen molar-refractivity contribution >= 4 is 39.0 Å². The van der Waals surface area contributed by atoms with Crippen molar-refractivity contribution < 1.29 is 13.9 Å². The first-order valence-electron chi connectivity index (χ1n) is 12.1. The number of halogens is 1. The molecule has 36 heavy (non-hydrogen) atoms. The van der Waals surface area contributed by atoms with E-state index in [0.29, 0.717) is 33.5 Å². The van der Waals surface area contributed by atoms with Gasteiger partial charge in [-0.05, 0) is 57.8 Å². The first kappa shape index (κ1) is 24.1. The maximum atomic E-state index is 15.3. The first-order valence-corrected chi connectivity index (χ1v) is 12.1. The van der Waals surface area contributed by atoms with Gasteiger partial charge in [0.1, 0.15) is 24.0 Å². The molecule has 0 spiro atoms. The lowest BCUT2D eigenvalue weighted by atomic mass is 10.1. The number of likely N-dealkylation sites (N-methyl/N-ethyl adjacent to an activating group) is 1. The van der Waals surface area contributed by atoms with Gasteiger partial charge >= 0.3 is 0 Å². The van der Waals surface area contributed by atoms with Gasteiger partial charge in [-0.1, -0.05) is 0 Å². The van der Waals surface area contributed by atoms with E-state index in [1.54, 1.807) is 37.6 Å². The van der Waals surface area contributed by atoms with Crippen LogP contribution in [-0.2, 0) is 4.74 Å². The molecule has 1 N–H and O–H groups in total. The largest absolute Gasteiger partial charge is 0.488 e. The third-order valence-corrected chi connectivity index (χ3v) is 6.45. The van der Waals surface area contributed by atoms with Crippen LogP contribution in [0.1, 0.15) is 13.3 Å². The number of hydrogen-bond acceptors (Lipinski definition) is 8. The van der Waals surface area contributed by atoms with E-state index in [-0.39, 0.29) is 18.0 Å². The number of nitrogens with one attached hydrogen (secondary N) is 1. The van der Waals surface area contributed by atoms with Gasteiger partial charge in [0.25, 0.3) is 0 Å². The van der Waals surface area contributed by atoms with E-state index in [9.17, 15) is 0 Å². The first-order chi connectivity index (χ1) is 17.4.